The maximum absolute atomic E-state index is 8.66. The zero-order valence-electron chi connectivity index (χ0n) is 16.0. The molecule has 29 heavy (non-hydrogen) atoms. The molecule has 0 aliphatic carbocycles. The zero-order valence-corrected chi connectivity index (χ0v) is 18.3. The summed E-state index contributed by atoms with van der Waals surface area (Å²) in [5.74, 6) is 0.636. The van der Waals surface area contributed by atoms with Gasteiger partial charge in [0.05, 0.1) is 11.1 Å². The predicted octanol–water partition coefficient (Wildman–Crippen LogP) is 6.87. The van der Waals surface area contributed by atoms with Gasteiger partial charge >= 0.3 is 0 Å². The van der Waals surface area contributed by atoms with Crippen LogP contribution in [0.2, 0.25) is 5.02 Å². The molecule has 0 aliphatic rings. The lowest BCUT2D eigenvalue weighted by Gasteiger charge is -2.13. The molecule has 3 nitrogen and oxygen atoms in total. The van der Waals surface area contributed by atoms with Gasteiger partial charge in [-0.3, -0.25) is 0 Å². The molecule has 5 heteroatoms. The van der Waals surface area contributed by atoms with Gasteiger partial charge in [-0.1, -0.05) is 66.2 Å². The summed E-state index contributed by atoms with van der Waals surface area (Å²) in [7, 11) is 0. The van der Waals surface area contributed by atoms with Crippen molar-refractivity contribution in [2.75, 3.05) is 0 Å². The minimum Gasteiger partial charge on any atom is -0.487 e. The molecule has 3 aromatic rings. The molecule has 0 spiro atoms. The molecule has 3 rings (SSSR count). The molecule has 0 unspecified atom stereocenters. The number of nitrogens with one attached hydrogen (secondary N) is 1. The van der Waals surface area contributed by atoms with Crippen molar-refractivity contribution in [3.05, 3.63) is 99.1 Å². The molecule has 0 radical (unpaired) electrons. The fourth-order valence-corrected chi connectivity index (χ4v) is 3.71. The molecule has 0 amide bonds. The van der Waals surface area contributed by atoms with Crippen molar-refractivity contribution >= 4 is 27.5 Å². The van der Waals surface area contributed by atoms with Crippen molar-refractivity contribution in [3.63, 3.8) is 0 Å². The number of rotatable bonds is 7. The highest BCUT2D eigenvalue weighted by Gasteiger charge is 2.10. The first kappa shape index (κ1) is 21.0. The zero-order chi connectivity index (χ0) is 20.6. The number of ether oxygens (including phenoxy) is 1. The standard InChI is InChI=1S/C24H20BrClN2O/c1-17(12-13-27)28-15-18-10-11-23(22(26)14-18)29-16-20-8-5-9-21(24(20)25)19-6-3-2-4-7-19/h2-12,14,28H,15-16H2,1H3/b17-12-. The van der Waals surface area contributed by atoms with Crippen molar-refractivity contribution in [2.45, 2.75) is 20.1 Å². The Morgan fingerprint density at radius 3 is 2.66 bits per heavy atom. The largest absolute Gasteiger partial charge is 0.487 e. The molecule has 0 saturated heterocycles. The Bertz CT molecular complexity index is 1060. The average molecular weight is 468 g/mol. The van der Waals surface area contributed by atoms with Crippen LogP contribution < -0.4 is 10.1 Å². The number of nitrogens with zero attached hydrogens (tertiary/aromatic N) is 1. The molecule has 0 bridgehead atoms. The molecule has 0 saturated carbocycles. The highest BCUT2D eigenvalue weighted by atomic mass is 79.9. The van der Waals surface area contributed by atoms with E-state index in [1.54, 1.807) is 0 Å². The van der Waals surface area contributed by atoms with Crippen molar-refractivity contribution in [1.29, 1.82) is 5.26 Å². The average Bonchev–Trinajstić information content (AvgIpc) is 2.73. The van der Waals surface area contributed by atoms with E-state index < -0.39 is 0 Å². The fourth-order valence-electron chi connectivity index (χ4n) is 2.85. The topological polar surface area (TPSA) is 45.0 Å². The van der Waals surface area contributed by atoms with Crippen molar-refractivity contribution in [3.8, 4) is 22.9 Å². The Hall–Kier alpha value is -2.74. The Kier molecular flexibility index (Phi) is 7.35. The second-order valence-electron chi connectivity index (χ2n) is 6.51. The first-order valence-electron chi connectivity index (χ1n) is 9.13. The fraction of sp³-hybridized carbons (Fsp3) is 0.125. The van der Waals surface area contributed by atoms with Crippen LogP contribution in [0.25, 0.3) is 11.1 Å². The highest BCUT2D eigenvalue weighted by Crippen LogP contribution is 2.32. The molecule has 3 aromatic carbocycles. The monoisotopic (exact) mass is 466 g/mol. The SMILES string of the molecule is C/C(=C/C#N)NCc1ccc(OCc2cccc(-c3ccccc3)c2Br)c(Cl)c1. The van der Waals surface area contributed by atoms with Crippen molar-refractivity contribution < 1.29 is 4.74 Å². The summed E-state index contributed by atoms with van der Waals surface area (Å²) in [5.41, 5.74) is 5.15. The summed E-state index contributed by atoms with van der Waals surface area (Å²) >= 11 is 10.1. The third-order valence-corrected chi connectivity index (χ3v) is 5.63. The van der Waals surface area contributed by atoms with Crippen LogP contribution in [-0.4, -0.2) is 0 Å². The predicted molar refractivity (Wildman–Crippen MR) is 122 cm³/mol. The number of nitriles is 1. The van der Waals surface area contributed by atoms with Crippen LogP contribution in [0.15, 0.2) is 83.0 Å². The van der Waals surface area contributed by atoms with Gasteiger partial charge in [0.25, 0.3) is 0 Å². The molecule has 1 N–H and O–H groups in total. The number of halogens is 2. The molecule has 0 aromatic heterocycles. The van der Waals surface area contributed by atoms with Crippen LogP contribution in [-0.2, 0) is 13.2 Å². The Morgan fingerprint density at radius 1 is 1.14 bits per heavy atom. The van der Waals surface area contributed by atoms with Crippen LogP contribution >= 0.6 is 27.5 Å². The first-order valence-corrected chi connectivity index (χ1v) is 10.3. The smallest absolute Gasteiger partial charge is 0.138 e. The van der Waals surface area contributed by atoms with E-state index in [-0.39, 0.29) is 0 Å². The summed E-state index contributed by atoms with van der Waals surface area (Å²) in [6.07, 6.45) is 1.47. The van der Waals surface area contributed by atoms with E-state index in [0.29, 0.717) is 23.9 Å². The third kappa shape index (κ3) is 5.63. The molecular formula is C24H20BrClN2O. The maximum atomic E-state index is 8.66. The first-order chi connectivity index (χ1) is 14.1. The minimum absolute atomic E-state index is 0.405. The van der Waals surface area contributed by atoms with E-state index in [0.717, 1.165) is 32.4 Å². The molecule has 0 atom stereocenters. The Balaban J connectivity index is 1.69. The van der Waals surface area contributed by atoms with E-state index in [1.165, 1.54) is 6.08 Å². The Labute approximate surface area is 184 Å². The lowest BCUT2D eigenvalue weighted by Crippen LogP contribution is -2.10. The second-order valence-corrected chi connectivity index (χ2v) is 7.71. The molecule has 0 aliphatic heterocycles. The van der Waals surface area contributed by atoms with Crippen LogP contribution in [0.3, 0.4) is 0 Å². The van der Waals surface area contributed by atoms with Crippen LogP contribution in [0, 0.1) is 11.3 Å². The van der Waals surface area contributed by atoms with Crippen LogP contribution in [0.1, 0.15) is 18.1 Å². The lowest BCUT2D eigenvalue weighted by molar-refractivity contribution is 0.305. The van der Waals surface area contributed by atoms with Crippen molar-refractivity contribution in [1.82, 2.24) is 5.32 Å². The highest BCUT2D eigenvalue weighted by molar-refractivity contribution is 9.10. The van der Waals surface area contributed by atoms with Gasteiger partial charge in [0.15, 0.2) is 0 Å². The van der Waals surface area contributed by atoms with E-state index in [9.17, 15) is 0 Å². The van der Waals surface area contributed by atoms with Crippen LogP contribution in [0.4, 0.5) is 0 Å². The Morgan fingerprint density at radius 2 is 1.93 bits per heavy atom. The summed E-state index contributed by atoms with van der Waals surface area (Å²) in [6.45, 7) is 2.85. The number of hydrogen-bond acceptors (Lipinski definition) is 3. The molecular weight excluding hydrogens is 448 g/mol. The second kappa shape index (κ2) is 10.2. The lowest BCUT2D eigenvalue weighted by atomic mass is 10.0. The van der Waals surface area contributed by atoms with Gasteiger partial charge in [-0.15, -0.1) is 0 Å². The normalized spacial score (nSPS) is 11.0. The quantitative estimate of drug-likeness (QED) is 0.386. The van der Waals surface area contributed by atoms with Gasteiger partial charge in [0.1, 0.15) is 12.4 Å². The summed E-state index contributed by atoms with van der Waals surface area (Å²) in [4.78, 5) is 0. The van der Waals surface area contributed by atoms with Gasteiger partial charge < -0.3 is 10.1 Å². The van der Waals surface area contributed by atoms with Crippen molar-refractivity contribution in [2.24, 2.45) is 0 Å². The van der Waals surface area contributed by atoms with Gasteiger partial charge in [-0.2, -0.15) is 5.26 Å². The summed E-state index contributed by atoms with van der Waals surface area (Å²) in [5, 5.41) is 12.4. The van der Waals surface area contributed by atoms with E-state index in [1.807, 2.05) is 61.5 Å². The van der Waals surface area contributed by atoms with Gasteiger partial charge in [0.2, 0.25) is 0 Å². The van der Waals surface area contributed by atoms with Gasteiger partial charge in [-0.25, -0.2) is 0 Å². The van der Waals surface area contributed by atoms with E-state index >= 15 is 0 Å². The molecule has 0 heterocycles. The molecule has 146 valence electrons. The number of hydrogen-bond donors (Lipinski definition) is 1. The minimum atomic E-state index is 0.405. The summed E-state index contributed by atoms with van der Waals surface area (Å²) in [6, 6.07) is 24.1. The number of allylic oxidation sites excluding steroid dienone is 2. The van der Waals surface area contributed by atoms with E-state index in [4.69, 9.17) is 21.6 Å². The molecule has 0 fully saturated rings. The van der Waals surface area contributed by atoms with Gasteiger partial charge in [-0.05, 0) is 51.7 Å². The third-order valence-electron chi connectivity index (χ3n) is 4.40. The van der Waals surface area contributed by atoms with Crippen LogP contribution in [0.5, 0.6) is 5.75 Å². The maximum Gasteiger partial charge on any atom is 0.138 e. The van der Waals surface area contributed by atoms with Gasteiger partial charge in [0, 0.05) is 28.4 Å². The number of benzene rings is 3. The van der Waals surface area contributed by atoms with E-state index in [2.05, 4.69) is 39.4 Å². The summed E-state index contributed by atoms with van der Waals surface area (Å²) < 4.78 is 6.99.